The maximum Gasteiger partial charge on any atom is 0.338 e. The van der Waals surface area contributed by atoms with E-state index in [0.29, 0.717) is 33.0 Å². The standard InChI is InChI=1S/C36H28Br2N2O4S2/c1-3-43-35(42)31-32(24-7-5-4-6-8-24)39-36-40(33(31)25-12-16-27(45-2)17-13-25)34(41)30(46-36)20-23-11-18-29(28(38)19-23)44-21-22-9-14-26(37)15-10-22/h4-20,33H,3,21H2,1-2H3/b30-20-/t33-/m0/s1. The van der Waals surface area contributed by atoms with Gasteiger partial charge in [0.05, 0.1) is 32.9 Å². The van der Waals surface area contributed by atoms with Gasteiger partial charge in [0.15, 0.2) is 4.80 Å². The third-order valence-electron chi connectivity index (χ3n) is 7.37. The van der Waals surface area contributed by atoms with Crippen LogP contribution in [0.15, 0.2) is 126 Å². The normalized spacial score (nSPS) is 14.5. The van der Waals surface area contributed by atoms with E-state index in [1.165, 1.54) is 11.3 Å². The van der Waals surface area contributed by atoms with E-state index >= 15 is 0 Å². The number of nitrogens with zero attached hydrogens (tertiary/aromatic N) is 2. The maximum atomic E-state index is 14.2. The minimum absolute atomic E-state index is 0.199. The van der Waals surface area contributed by atoms with Gasteiger partial charge < -0.3 is 9.47 Å². The number of carbonyl (C=O) groups excluding carboxylic acids is 1. The molecule has 0 saturated heterocycles. The third-order valence-corrected chi connectivity index (χ3v) is 10.2. The molecule has 0 bridgehead atoms. The van der Waals surface area contributed by atoms with Crippen molar-refractivity contribution in [2.45, 2.75) is 24.5 Å². The molecule has 0 aliphatic carbocycles. The maximum absolute atomic E-state index is 14.2. The first kappa shape index (κ1) is 32.2. The van der Waals surface area contributed by atoms with E-state index in [0.717, 1.165) is 36.1 Å². The highest BCUT2D eigenvalue weighted by atomic mass is 79.9. The molecule has 0 radical (unpaired) electrons. The molecule has 6 nitrogen and oxygen atoms in total. The lowest BCUT2D eigenvalue weighted by Gasteiger charge is -2.26. The number of aromatic nitrogens is 1. The number of esters is 1. The molecular weight excluding hydrogens is 748 g/mol. The second kappa shape index (κ2) is 14.4. The Morgan fingerprint density at radius 1 is 1.00 bits per heavy atom. The molecule has 0 N–H and O–H groups in total. The molecule has 5 aromatic rings. The molecule has 0 spiro atoms. The van der Waals surface area contributed by atoms with Crippen molar-refractivity contribution < 1.29 is 14.3 Å². The van der Waals surface area contributed by atoms with E-state index in [-0.39, 0.29) is 12.2 Å². The summed E-state index contributed by atoms with van der Waals surface area (Å²) in [5.41, 5.74) is 4.04. The molecule has 46 heavy (non-hydrogen) atoms. The van der Waals surface area contributed by atoms with Gasteiger partial charge in [0, 0.05) is 14.9 Å². The van der Waals surface area contributed by atoms with Crippen LogP contribution in [0.5, 0.6) is 5.75 Å². The Balaban J connectivity index is 1.45. The van der Waals surface area contributed by atoms with Crippen molar-refractivity contribution in [2.24, 2.45) is 4.99 Å². The van der Waals surface area contributed by atoms with Crippen molar-refractivity contribution in [1.29, 1.82) is 0 Å². The van der Waals surface area contributed by atoms with E-state index < -0.39 is 12.0 Å². The molecule has 0 amide bonds. The first-order chi connectivity index (χ1) is 22.4. The van der Waals surface area contributed by atoms with Crippen LogP contribution in [0.2, 0.25) is 0 Å². The molecule has 1 aliphatic heterocycles. The highest BCUT2D eigenvalue weighted by Crippen LogP contribution is 2.36. The van der Waals surface area contributed by atoms with Crippen LogP contribution in [0.1, 0.15) is 35.2 Å². The molecule has 0 unspecified atom stereocenters. The number of rotatable bonds is 9. The summed E-state index contributed by atoms with van der Waals surface area (Å²) in [5.74, 6) is 0.197. The summed E-state index contributed by atoms with van der Waals surface area (Å²) in [6.45, 7) is 2.40. The Morgan fingerprint density at radius 2 is 1.74 bits per heavy atom. The topological polar surface area (TPSA) is 69.9 Å². The summed E-state index contributed by atoms with van der Waals surface area (Å²) in [4.78, 5) is 34.4. The fourth-order valence-electron chi connectivity index (χ4n) is 5.16. The molecule has 1 aliphatic rings. The van der Waals surface area contributed by atoms with Crippen molar-refractivity contribution in [3.8, 4) is 5.75 Å². The van der Waals surface area contributed by atoms with Crippen LogP contribution in [0, 0.1) is 0 Å². The first-order valence-corrected chi connectivity index (χ1v) is 18.1. The fraction of sp³-hybridized carbons (Fsp3) is 0.139. The largest absolute Gasteiger partial charge is 0.488 e. The van der Waals surface area contributed by atoms with Gasteiger partial charge in [0.2, 0.25) is 0 Å². The second-order valence-corrected chi connectivity index (χ2v) is 14.0. The number of hydrogen-bond acceptors (Lipinski definition) is 7. The zero-order chi connectivity index (χ0) is 32.2. The molecule has 6 rings (SSSR count). The quantitative estimate of drug-likeness (QED) is 0.113. The lowest BCUT2D eigenvalue weighted by atomic mass is 9.93. The number of halogens is 2. The van der Waals surface area contributed by atoms with Crippen molar-refractivity contribution in [3.05, 3.63) is 154 Å². The first-order valence-electron chi connectivity index (χ1n) is 14.5. The summed E-state index contributed by atoms with van der Waals surface area (Å²) in [5, 5.41) is 0. The smallest absolute Gasteiger partial charge is 0.338 e. The van der Waals surface area contributed by atoms with E-state index in [4.69, 9.17) is 14.5 Å². The molecule has 0 fully saturated rings. The van der Waals surface area contributed by atoms with Gasteiger partial charge >= 0.3 is 5.97 Å². The molecule has 232 valence electrons. The van der Waals surface area contributed by atoms with Crippen LogP contribution >= 0.6 is 55.0 Å². The minimum Gasteiger partial charge on any atom is -0.488 e. The van der Waals surface area contributed by atoms with Gasteiger partial charge in [0.1, 0.15) is 12.4 Å². The number of benzene rings is 4. The highest BCUT2D eigenvalue weighted by Gasteiger charge is 2.35. The summed E-state index contributed by atoms with van der Waals surface area (Å²) in [7, 11) is 0. The minimum atomic E-state index is -0.718. The lowest BCUT2D eigenvalue weighted by molar-refractivity contribution is -0.138. The van der Waals surface area contributed by atoms with Crippen molar-refractivity contribution >= 4 is 72.7 Å². The number of thiazole rings is 1. The molecule has 0 saturated carbocycles. The lowest BCUT2D eigenvalue weighted by Crippen LogP contribution is -2.40. The average molecular weight is 777 g/mol. The Hall–Kier alpha value is -3.70. The SMILES string of the molecule is CCOC(=O)C1=C(c2ccccc2)N=c2s/c(=C\c3ccc(OCc4ccc(Br)cc4)c(Br)c3)c(=O)n2[C@H]1c1ccc(SC)cc1. The van der Waals surface area contributed by atoms with E-state index in [2.05, 4.69) is 31.9 Å². The molecule has 2 heterocycles. The average Bonchev–Trinajstić information content (AvgIpc) is 3.38. The van der Waals surface area contributed by atoms with E-state index in [1.807, 2.05) is 109 Å². The van der Waals surface area contributed by atoms with Crippen LogP contribution in [0.4, 0.5) is 0 Å². The van der Waals surface area contributed by atoms with Gasteiger partial charge in [-0.3, -0.25) is 9.36 Å². The Morgan fingerprint density at radius 3 is 2.41 bits per heavy atom. The van der Waals surface area contributed by atoms with Crippen LogP contribution in [-0.2, 0) is 16.1 Å². The Kier molecular flexibility index (Phi) is 10.1. The summed E-state index contributed by atoms with van der Waals surface area (Å²) in [6, 6.07) is 30.5. The third kappa shape index (κ3) is 6.85. The predicted octanol–water partition coefficient (Wildman–Crippen LogP) is 7.76. The molecule has 10 heteroatoms. The summed E-state index contributed by atoms with van der Waals surface area (Å²) < 4.78 is 15.5. The molecule has 1 atom stereocenters. The number of fused-ring (bicyclic) bond motifs is 1. The summed E-state index contributed by atoms with van der Waals surface area (Å²) in [6.07, 6.45) is 3.85. The van der Waals surface area contributed by atoms with Gasteiger partial charge in [-0.05, 0) is 88.3 Å². The summed E-state index contributed by atoms with van der Waals surface area (Å²) >= 11 is 10.0. The molecule has 4 aromatic carbocycles. The molecular formula is C36H28Br2N2O4S2. The number of hydrogen-bond donors (Lipinski definition) is 0. The number of carbonyl (C=O) groups is 1. The van der Waals surface area contributed by atoms with E-state index in [9.17, 15) is 9.59 Å². The van der Waals surface area contributed by atoms with Crippen molar-refractivity contribution in [1.82, 2.24) is 4.57 Å². The van der Waals surface area contributed by atoms with Crippen LogP contribution in [-0.4, -0.2) is 23.4 Å². The zero-order valence-corrected chi connectivity index (χ0v) is 29.7. The fourth-order valence-corrected chi connectivity index (χ4v) is 7.34. The van der Waals surface area contributed by atoms with Crippen LogP contribution in [0.3, 0.4) is 0 Å². The van der Waals surface area contributed by atoms with Crippen molar-refractivity contribution in [3.63, 3.8) is 0 Å². The van der Waals surface area contributed by atoms with Gasteiger partial charge in [-0.15, -0.1) is 11.8 Å². The van der Waals surface area contributed by atoms with Gasteiger partial charge in [-0.25, -0.2) is 9.79 Å². The monoisotopic (exact) mass is 774 g/mol. The number of thioether (sulfide) groups is 1. The molecule has 1 aromatic heterocycles. The van der Waals surface area contributed by atoms with Gasteiger partial charge in [-0.1, -0.05) is 87.9 Å². The Bertz CT molecular complexity index is 2110. The zero-order valence-electron chi connectivity index (χ0n) is 24.9. The second-order valence-electron chi connectivity index (χ2n) is 10.3. The van der Waals surface area contributed by atoms with E-state index in [1.54, 1.807) is 23.3 Å². The van der Waals surface area contributed by atoms with Crippen molar-refractivity contribution in [2.75, 3.05) is 12.9 Å². The van der Waals surface area contributed by atoms with Gasteiger partial charge in [0.25, 0.3) is 5.56 Å². The Labute approximate surface area is 291 Å². The van der Waals surface area contributed by atoms with Gasteiger partial charge in [-0.2, -0.15) is 0 Å². The highest BCUT2D eigenvalue weighted by molar-refractivity contribution is 9.10. The van der Waals surface area contributed by atoms with Crippen LogP contribution in [0.25, 0.3) is 11.8 Å². The predicted molar refractivity (Wildman–Crippen MR) is 192 cm³/mol. The number of ether oxygens (including phenoxy) is 2. The van der Waals surface area contributed by atoms with Crippen LogP contribution < -0.4 is 19.6 Å².